The quantitative estimate of drug-likeness (QED) is 0.791. The number of rotatable bonds is 4. The summed E-state index contributed by atoms with van der Waals surface area (Å²) in [6, 6.07) is 11.7. The Kier molecular flexibility index (Phi) is 4.41. The minimum atomic E-state index is -0.0832. The molecule has 3 heteroatoms. The molecule has 3 nitrogen and oxygen atoms in total. The van der Waals surface area contributed by atoms with Gasteiger partial charge in [-0.2, -0.15) is 0 Å². The zero-order chi connectivity index (χ0) is 14.5. The Morgan fingerprint density at radius 2 is 1.95 bits per heavy atom. The number of carbonyl (C=O) groups excluding carboxylic acids is 1. The van der Waals surface area contributed by atoms with Gasteiger partial charge in [-0.05, 0) is 37.6 Å². The molecule has 1 amide bonds. The fraction of sp³-hybridized carbons (Fsp3) is 0.235. The van der Waals surface area contributed by atoms with Crippen LogP contribution in [0.3, 0.4) is 0 Å². The van der Waals surface area contributed by atoms with Crippen LogP contribution in [0, 0.1) is 6.92 Å². The fourth-order valence-electron chi connectivity index (χ4n) is 1.87. The van der Waals surface area contributed by atoms with Gasteiger partial charge in [0, 0.05) is 13.1 Å². The van der Waals surface area contributed by atoms with Crippen LogP contribution in [0.5, 0.6) is 0 Å². The van der Waals surface area contributed by atoms with E-state index in [1.54, 1.807) is 24.3 Å². The van der Waals surface area contributed by atoms with Crippen LogP contribution in [-0.4, -0.2) is 17.9 Å². The molecule has 2 aromatic rings. The largest absolute Gasteiger partial charge is 0.467 e. The van der Waals surface area contributed by atoms with Gasteiger partial charge in [0.1, 0.15) is 5.76 Å². The van der Waals surface area contributed by atoms with Crippen molar-refractivity contribution in [2.75, 3.05) is 7.05 Å². The number of furan rings is 1. The van der Waals surface area contributed by atoms with Crippen molar-refractivity contribution in [1.29, 1.82) is 0 Å². The van der Waals surface area contributed by atoms with E-state index in [-0.39, 0.29) is 11.9 Å². The zero-order valence-electron chi connectivity index (χ0n) is 12.0. The summed E-state index contributed by atoms with van der Waals surface area (Å²) in [6.07, 6.45) is 5.03. The van der Waals surface area contributed by atoms with Crippen LogP contribution in [-0.2, 0) is 4.79 Å². The lowest BCUT2D eigenvalue weighted by Gasteiger charge is -2.21. The van der Waals surface area contributed by atoms with E-state index in [0.29, 0.717) is 0 Å². The molecule has 1 aromatic carbocycles. The molecule has 0 aliphatic carbocycles. The summed E-state index contributed by atoms with van der Waals surface area (Å²) in [5.74, 6) is 0.735. The number of carbonyl (C=O) groups is 1. The molecule has 1 atom stereocenters. The van der Waals surface area contributed by atoms with Crippen LogP contribution < -0.4 is 0 Å². The predicted molar refractivity (Wildman–Crippen MR) is 80.1 cm³/mol. The number of aryl methyl sites for hydroxylation is 1. The van der Waals surface area contributed by atoms with Gasteiger partial charge in [-0.1, -0.05) is 29.8 Å². The van der Waals surface area contributed by atoms with E-state index in [9.17, 15) is 4.79 Å². The summed E-state index contributed by atoms with van der Waals surface area (Å²) < 4.78 is 5.32. The first-order valence-corrected chi connectivity index (χ1v) is 6.63. The van der Waals surface area contributed by atoms with E-state index >= 15 is 0 Å². The smallest absolute Gasteiger partial charge is 0.246 e. The van der Waals surface area contributed by atoms with Crippen LogP contribution in [0.15, 0.2) is 53.2 Å². The normalized spacial score (nSPS) is 12.6. The summed E-state index contributed by atoms with van der Waals surface area (Å²) in [4.78, 5) is 13.8. The lowest BCUT2D eigenvalue weighted by molar-refractivity contribution is -0.126. The van der Waals surface area contributed by atoms with E-state index < -0.39 is 0 Å². The Labute approximate surface area is 119 Å². The standard InChI is InChI=1S/C17H19NO2/c1-13-6-8-15(9-7-13)10-11-17(19)18(3)14(2)16-5-4-12-20-16/h4-12,14H,1-3H3/b11-10+. The highest BCUT2D eigenvalue weighted by molar-refractivity contribution is 5.91. The Morgan fingerprint density at radius 1 is 1.25 bits per heavy atom. The van der Waals surface area contributed by atoms with Gasteiger partial charge >= 0.3 is 0 Å². The SMILES string of the molecule is Cc1ccc(/C=C/C(=O)N(C)C(C)c2ccco2)cc1. The molecule has 0 bridgehead atoms. The molecule has 1 heterocycles. The van der Waals surface area contributed by atoms with Gasteiger partial charge in [0.05, 0.1) is 12.3 Å². The van der Waals surface area contributed by atoms with E-state index in [1.807, 2.05) is 56.3 Å². The molecular weight excluding hydrogens is 250 g/mol. The maximum atomic E-state index is 12.1. The number of benzene rings is 1. The number of hydrogen-bond donors (Lipinski definition) is 0. The zero-order valence-corrected chi connectivity index (χ0v) is 12.0. The molecule has 0 radical (unpaired) electrons. The van der Waals surface area contributed by atoms with Crippen molar-refractivity contribution in [2.24, 2.45) is 0 Å². The van der Waals surface area contributed by atoms with Crippen LogP contribution in [0.2, 0.25) is 0 Å². The number of likely N-dealkylation sites (N-methyl/N-ethyl adjacent to an activating group) is 1. The predicted octanol–water partition coefficient (Wildman–Crippen LogP) is 3.82. The first-order valence-electron chi connectivity index (χ1n) is 6.63. The van der Waals surface area contributed by atoms with Crippen molar-refractivity contribution >= 4 is 12.0 Å². The molecular formula is C17H19NO2. The number of hydrogen-bond acceptors (Lipinski definition) is 2. The van der Waals surface area contributed by atoms with E-state index in [4.69, 9.17) is 4.42 Å². The van der Waals surface area contributed by atoms with Gasteiger partial charge in [0.25, 0.3) is 0 Å². The Morgan fingerprint density at radius 3 is 2.55 bits per heavy atom. The highest BCUT2D eigenvalue weighted by atomic mass is 16.3. The summed E-state index contributed by atoms with van der Waals surface area (Å²) in [6.45, 7) is 3.98. The molecule has 0 N–H and O–H groups in total. The Hall–Kier alpha value is -2.29. The number of nitrogens with zero attached hydrogens (tertiary/aromatic N) is 1. The van der Waals surface area contributed by atoms with Gasteiger partial charge in [-0.15, -0.1) is 0 Å². The average Bonchev–Trinajstić information content (AvgIpc) is 2.99. The highest BCUT2D eigenvalue weighted by Crippen LogP contribution is 2.19. The molecule has 20 heavy (non-hydrogen) atoms. The molecule has 0 aliphatic rings. The second-order valence-corrected chi connectivity index (χ2v) is 4.88. The minimum Gasteiger partial charge on any atom is -0.467 e. The van der Waals surface area contributed by atoms with Gasteiger partial charge in [0.15, 0.2) is 0 Å². The van der Waals surface area contributed by atoms with Gasteiger partial charge in [-0.3, -0.25) is 4.79 Å². The highest BCUT2D eigenvalue weighted by Gasteiger charge is 2.17. The molecule has 1 unspecified atom stereocenters. The van der Waals surface area contributed by atoms with E-state index in [1.165, 1.54) is 5.56 Å². The van der Waals surface area contributed by atoms with Crippen LogP contribution in [0.4, 0.5) is 0 Å². The van der Waals surface area contributed by atoms with Crippen molar-refractivity contribution in [1.82, 2.24) is 4.90 Å². The van der Waals surface area contributed by atoms with Gasteiger partial charge < -0.3 is 9.32 Å². The average molecular weight is 269 g/mol. The van der Waals surface area contributed by atoms with Crippen LogP contribution in [0.25, 0.3) is 6.08 Å². The lowest BCUT2D eigenvalue weighted by atomic mass is 10.1. The summed E-state index contributed by atoms with van der Waals surface area (Å²) in [7, 11) is 1.77. The van der Waals surface area contributed by atoms with Crippen molar-refractivity contribution in [3.8, 4) is 0 Å². The fourth-order valence-corrected chi connectivity index (χ4v) is 1.87. The van der Waals surface area contributed by atoms with Crippen molar-refractivity contribution in [3.63, 3.8) is 0 Å². The molecule has 1 aromatic heterocycles. The maximum Gasteiger partial charge on any atom is 0.246 e. The van der Waals surface area contributed by atoms with Crippen LogP contribution in [0.1, 0.15) is 29.9 Å². The molecule has 0 aliphatic heterocycles. The van der Waals surface area contributed by atoms with Crippen LogP contribution >= 0.6 is 0 Å². The molecule has 0 saturated heterocycles. The Bertz CT molecular complexity index is 582. The lowest BCUT2D eigenvalue weighted by Crippen LogP contribution is -2.27. The number of amides is 1. The van der Waals surface area contributed by atoms with Crippen molar-refractivity contribution in [2.45, 2.75) is 19.9 Å². The second-order valence-electron chi connectivity index (χ2n) is 4.88. The van der Waals surface area contributed by atoms with Crippen molar-refractivity contribution in [3.05, 3.63) is 65.6 Å². The minimum absolute atomic E-state index is 0.0468. The Balaban J connectivity index is 2.02. The summed E-state index contributed by atoms with van der Waals surface area (Å²) >= 11 is 0. The van der Waals surface area contributed by atoms with Gasteiger partial charge in [-0.25, -0.2) is 0 Å². The first kappa shape index (κ1) is 14.1. The van der Waals surface area contributed by atoms with E-state index in [2.05, 4.69) is 0 Å². The van der Waals surface area contributed by atoms with Crippen molar-refractivity contribution < 1.29 is 9.21 Å². The molecule has 2 rings (SSSR count). The molecule has 0 fully saturated rings. The molecule has 0 saturated carbocycles. The third-order valence-corrected chi connectivity index (χ3v) is 3.38. The third kappa shape index (κ3) is 3.38. The first-order chi connectivity index (χ1) is 9.58. The topological polar surface area (TPSA) is 33.5 Å². The molecule has 104 valence electrons. The van der Waals surface area contributed by atoms with E-state index in [0.717, 1.165) is 11.3 Å². The maximum absolute atomic E-state index is 12.1. The molecule has 0 spiro atoms. The monoisotopic (exact) mass is 269 g/mol. The third-order valence-electron chi connectivity index (χ3n) is 3.38. The summed E-state index contributed by atoms with van der Waals surface area (Å²) in [5.41, 5.74) is 2.22. The second kappa shape index (κ2) is 6.24. The van der Waals surface area contributed by atoms with Gasteiger partial charge in [0.2, 0.25) is 5.91 Å². The summed E-state index contributed by atoms with van der Waals surface area (Å²) in [5, 5.41) is 0.